The van der Waals surface area contributed by atoms with Gasteiger partial charge in [-0.2, -0.15) is 0 Å². The van der Waals surface area contributed by atoms with Crippen LogP contribution in [-0.4, -0.2) is 21.4 Å². The Kier molecular flexibility index (Phi) is 4.26. The third kappa shape index (κ3) is 3.03. The van der Waals surface area contributed by atoms with Crippen molar-refractivity contribution >= 4 is 23.5 Å². The topological polar surface area (TPSA) is 59.3 Å². The largest absolute Gasteiger partial charge is 0.478 e. The molecule has 1 atom stereocenters. The highest BCUT2D eigenvalue weighted by Crippen LogP contribution is 2.32. The first-order valence-electron chi connectivity index (χ1n) is 7.29. The summed E-state index contributed by atoms with van der Waals surface area (Å²) in [7, 11) is 0. The van der Waals surface area contributed by atoms with E-state index in [-0.39, 0.29) is 29.5 Å². The Balaban J connectivity index is 1.82. The summed E-state index contributed by atoms with van der Waals surface area (Å²) in [6.45, 7) is 1.91. The molecule has 1 aliphatic heterocycles. The zero-order valence-corrected chi connectivity index (χ0v) is 13.4. The predicted molar refractivity (Wildman–Crippen MR) is 86.4 cm³/mol. The second-order valence-electron chi connectivity index (χ2n) is 5.68. The van der Waals surface area contributed by atoms with Gasteiger partial charge in [-0.15, -0.1) is 11.8 Å². The number of Topliss-reactive ketones (excluding diaryl/α,β-unsaturated/α-hetero) is 1. The van der Waals surface area contributed by atoms with Gasteiger partial charge in [0, 0.05) is 17.9 Å². The molecule has 0 radical (unpaired) electrons. The Morgan fingerprint density at radius 3 is 2.70 bits per heavy atom. The van der Waals surface area contributed by atoms with E-state index < -0.39 is 5.97 Å². The molecule has 0 unspecified atom stereocenters. The molecule has 6 heteroatoms. The van der Waals surface area contributed by atoms with Gasteiger partial charge in [0.25, 0.3) is 0 Å². The molecule has 3 rings (SSSR count). The second kappa shape index (κ2) is 6.20. The Bertz CT molecular complexity index is 767. The summed E-state index contributed by atoms with van der Waals surface area (Å²) in [6.07, 6.45) is 0.263. The number of carbonyl (C=O) groups is 2. The first kappa shape index (κ1) is 15.8. The maximum Gasteiger partial charge on any atom is 0.337 e. The third-order valence-electron chi connectivity index (χ3n) is 4.11. The van der Waals surface area contributed by atoms with E-state index in [1.165, 1.54) is 18.2 Å². The minimum absolute atomic E-state index is 0.0587. The van der Waals surface area contributed by atoms with Crippen LogP contribution in [0.5, 0.6) is 0 Å². The van der Waals surface area contributed by atoms with E-state index in [1.54, 1.807) is 28.5 Å². The molecule has 0 amide bonds. The van der Waals surface area contributed by atoms with Crippen LogP contribution in [-0.2, 0) is 11.6 Å². The summed E-state index contributed by atoms with van der Waals surface area (Å²) in [5, 5.41) is 9.26. The normalized spacial score (nSPS) is 14.5. The molecule has 4 nitrogen and oxygen atoms in total. The zero-order valence-electron chi connectivity index (χ0n) is 12.6. The number of benzene rings is 1. The fraction of sp³-hybridized carbons (Fsp3) is 0.294. The first-order chi connectivity index (χ1) is 11.0. The van der Waals surface area contributed by atoms with E-state index in [9.17, 15) is 19.1 Å². The molecule has 23 heavy (non-hydrogen) atoms. The Morgan fingerprint density at radius 1 is 1.35 bits per heavy atom. The lowest BCUT2D eigenvalue weighted by atomic mass is 9.94. The van der Waals surface area contributed by atoms with Crippen molar-refractivity contribution in [1.29, 1.82) is 0 Å². The molecule has 0 aliphatic carbocycles. The Labute approximate surface area is 137 Å². The number of ketones is 1. The van der Waals surface area contributed by atoms with E-state index in [1.807, 2.05) is 6.92 Å². The van der Waals surface area contributed by atoms with Crippen molar-refractivity contribution in [2.24, 2.45) is 0 Å². The van der Waals surface area contributed by atoms with Gasteiger partial charge in [0.15, 0.2) is 5.78 Å². The lowest BCUT2D eigenvalue weighted by Crippen LogP contribution is -2.10. The van der Waals surface area contributed by atoms with Crippen molar-refractivity contribution in [2.45, 2.75) is 30.9 Å². The van der Waals surface area contributed by atoms with Crippen LogP contribution in [0.4, 0.5) is 4.39 Å². The van der Waals surface area contributed by atoms with Crippen LogP contribution in [0, 0.1) is 5.82 Å². The van der Waals surface area contributed by atoms with Crippen LogP contribution in [0.15, 0.2) is 30.3 Å². The maximum atomic E-state index is 13.0. The van der Waals surface area contributed by atoms with Crippen molar-refractivity contribution in [3.63, 3.8) is 0 Å². The number of hydrogen-bond donors (Lipinski definition) is 1. The molecule has 0 bridgehead atoms. The molecule has 1 N–H and O–H groups in total. The highest BCUT2D eigenvalue weighted by Gasteiger charge is 2.27. The minimum Gasteiger partial charge on any atom is -0.478 e. The number of halogens is 1. The minimum atomic E-state index is -0.998. The van der Waals surface area contributed by atoms with Crippen molar-refractivity contribution in [2.75, 3.05) is 0 Å². The highest BCUT2D eigenvalue weighted by molar-refractivity contribution is 7.97. The van der Waals surface area contributed by atoms with Gasteiger partial charge < -0.3 is 9.67 Å². The number of fused-ring (bicyclic) bond motifs is 1. The summed E-state index contributed by atoms with van der Waals surface area (Å²) < 4.78 is 14.8. The molecule has 0 spiro atoms. The summed E-state index contributed by atoms with van der Waals surface area (Å²) in [5.41, 5.74) is 2.27. The number of carboxylic acid groups (broad SMARTS) is 1. The standard InChI is InChI=1S/C17H16FNO3S/c1-10(11-2-4-12(18)5-3-11)6-16(20)14-7-13(17(21)22)15-8-23-9-19(14)15/h2-5,7,10H,6,8-9H2,1H3,(H,21,22)/t10-/m0/s1. The van der Waals surface area contributed by atoms with E-state index in [0.717, 1.165) is 5.56 Å². The quantitative estimate of drug-likeness (QED) is 0.843. The summed E-state index contributed by atoms with van der Waals surface area (Å²) in [5.74, 6) is -0.229. The van der Waals surface area contributed by atoms with Gasteiger partial charge in [-0.25, -0.2) is 9.18 Å². The number of carboxylic acids is 1. The maximum absolute atomic E-state index is 13.0. The number of hydrogen-bond acceptors (Lipinski definition) is 3. The third-order valence-corrected chi connectivity index (χ3v) is 5.03. The zero-order chi connectivity index (χ0) is 16.6. The molecule has 1 aliphatic rings. The van der Waals surface area contributed by atoms with Crippen LogP contribution in [0.3, 0.4) is 0 Å². The Hall–Kier alpha value is -2.08. The van der Waals surface area contributed by atoms with E-state index in [2.05, 4.69) is 0 Å². The average molecular weight is 333 g/mol. The van der Waals surface area contributed by atoms with Crippen LogP contribution >= 0.6 is 11.8 Å². The number of rotatable bonds is 5. The van der Waals surface area contributed by atoms with Crippen molar-refractivity contribution < 1.29 is 19.1 Å². The van der Waals surface area contributed by atoms with Gasteiger partial charge in [0.1, 0.15) is 5.82 Å². The van der Waals surface area contributed by atoms with Crippen LogP contribution in [0.25, 0.3) is 0 Å². The molecule has 2 heterocycles. The van der Waals surface area contributed by atoms with Gasteiger partial charge in [0.2, 0.25) is 0 Å². The summed E-state index contributed by atoms with van der Waals surface area (Å²) in [4.78, 5) is 23.9. The van der Waals surface area contributed by atoms with E-state index in [0.29, 0.717) is 23.0 Å². The van der Waals surface area contributed by atoms with Gasteiger partial charge in [-0.1, -0.05) is 19.1 Å². The van der Waals surface area contributed by atoms with Crippen molar-refractivity contribution in [3.8, 4) is 0 Å². The number of carbonyl (C=O) groups excluding carboxylic acids is 1. The summed E-state index contributed by atoms with van der Waals surface area (Å²) in [6, 6.07) is 7.59. The molecule has 1 aromatic carbocycles. The molecule has 2 aromatic rings. The molecule has 0 saturated heterocycles. The second-order valence-corrected chi connectivity index (χ2v) is 6.64. The average Bonchev–Trinajstić information content (AvgIpc) is 3.08. The van der Waals surface area contributed by atoms with E-state index in [4.69, 9.17) is 0 Å². The number of aromatic carboxylic acids is 1. The van der Waals surface area contributed by atoms with E-state index >= 15 is 0 Å². The molecular formula is C17H16FNO3S. The predicted octanol–water partition coefficient (Wildman–Crippen LogP) is 3.91. The lowest BCUT2D eigenvalue weighted by Gasteiger charge is -2.12. The smallest absolute Gasteiger partial charge is 0.337 e. The number of thioether (sulfide) groups is 1. The fourth-order valence-corrected chi connectivity index (χ4v) is 3.91. The highest BCUT2D eigenvalue weighted by atomic mass is 32.2. The van der Waals surface area contributed by atoms with Gasteiger partial charge in [-0.05, 0) is 29.7 Å². The fourth-order valence-electron chi connectivity index (χ4n) is 2.83. The number of aromatic nitrogens is 1. The first-order valence-corrected chi connectivity index (χ1v) is 8.45. The molecule has 0 saturated carbocycles. The molecule has 1 aromatic heterocycles. The Morgan fingerprint density at radius 2 is 2.04 bits per heavy atom. The number of nitrogens with zero attached hydrogens (tertiary/aromatic N) is 1. The van der Waals surface area contributed by atoms with Crippen LogP contribution < -0.4 is 0 Å². The van der Waals surface area contributed by atoms with Gasteiger partial charge >= 0.3 is 5.97 Å². The van der Waals surface area contributed by atoms with Crippen LogP contribution in [0.1, 0.15) is 51.4 Å². The summed E-state index contributed by atoms with van der Waals surface area (Å²) >= 11 is 1.60. The van der Waals surface area contributed by atoms with Crippen molar-refractivity contribution in [3.05, 3.63) is 58.7 Å². The molecular weight excluding hydrogens is 317 g/mol. The lowest BCUT2D eigenvalue weighted by molar-refractivity contribution is 0.0696. The molecule has 120 valence electrons. The van der Waals surface area contributed by atoms with Gasteiger partial charge in [0.05, 0.1) is 17.1 Å². The molecule has 0 fully saturated rings. The van der Waals surface area contributed by atoms with Crippen molar-refractivity contribution in [1.82, 2.24) is 4.57 Å². The van der Waals surface area contributed by atoms with Crippen LogP contribution in [0.2, 0.25) is 0 Å². The SMILES string of the molecule is C[C@@H](CC(=O)c1cc(C(=O)O)c2n1CSC2)c1ccc(F)cc1. The monoisotopic (exact) mass is 333 g/mol. The van der Waals surface area contributed by atoms with Gasteiger partial charge in [-0.3, -0.25) is 4.79 Å².